The number of nitrogens with two attached hydrogens (primary N) is 1. The smallest absolute Gasteiger partial charge is 0.405 e. The SMILES string of the molecule is N#Cc1cnc(NCc2ccccc2OC(F)(F)F)nc1NCC1CC(N)C1. The van der Waals surface area contributed by atoms with E-state index in [9.17, 15) is 18.4 Å². The van der Waals surface area contributed by atoms with Crippen molar-refractivity contribution in [1.82, 2.24) is 9.97 Å². The van der Waals surface area contributed by atoms with Gasteiger partial charge in [-0.15, -0.1) is 13.2 Å². The summed E-state index contributed by atoms with van der Waals surface area (Å²) in [6.07, 6.45) is -1.58. The Morgan fingerprint density at radius 2 is 2.00 bits per heavy atom. The zero-order valence-electron chi connectivity index (χ0n) is 14.8. The van der Waals surface area contributed by atoms with Crippen LogP contribution in [0.2, 0.25) is 0 Å². The van der Waals surface area contributed by atoms with Crippen LogP contribution in [0, 0.1) is 17.2 Å². The lowest BCUT2D eigenvalue weighted by Crippen LogP contribution is -2.39. The van der Waals surface area contributed by atoms with Crippen molar-refractivity contribution in [2.75, 3.05) is 17.2 Å². The summed E-state index contributed by atoms with van der Waals surface area (Å²) in [7, 11) is 0. The van der Waals surface area contributed by atoms with E-state index in [0.29, 0.717) is 23.8 Å². The van der Waals surface area contributed by atoms with E-state index in [1.807, 2.05) is 6.07 Å². The molecule has 0 spiro atoms. The topological polar surface area (TPSA) is 109 Å². The molecule has 1 aliphatic rings. The standard InChI is InChI=1S/C18H19F3N6O/c19-18(20,21)28-15-4-2-1-3-12(15)9-25-17-26-10-13(7-22)16(27-17)24-8-11-5-14(23)6-11/h1-4,10-11,14H,5-6,8-9,23H2,(H2,24,25,26,27). The number of hydrogen-bond acceptors (Lipinski definition) is 7. The Hall–Kier alpha value is -3.06. The number of ether oxygens (including phenoxy) is 1. The van der Waals surface area contributed by atoms with Gasteiger partial charge in [-0.2, -0.15) is 10.2 Å². The van der Waals surface area contributed by atoms with Gasteiger partial charge in [0.15, 0.2) is 0 Å². The number of aromatic nitrogens is 2. The minimum absolute atomic E-state index is 0.0229. The quantitative estimate of drug-likeness (QED) is 0.665. The van der Waals surface area contributed by atoms with Crippen molar-refractivity contribution < 1.29 is 17.9 Å². The number of benzene rings is 1. The second kappa shape index (κ2) is 8.31. The highest BCUT2D eigenvalue weighted by molar-refractivity contribution is 5.53. The summed E-state index contributed by atoms with van der Waals surface area (Å²) in [4.78, 5) is 8.30. The first-order chi connectivity index (χ1) is 13.3. The highest BCUT2D eigenvalue weighted by Crippen LogP contribution is 2.27. The molecule has 1 heterocycles. The number of halogens is 3. The largest absolute Gasteiger partial charge is 0.573 e. The van der Waals surface area contributed by atoms with Crippen LogP contribution in [0.25, 0.3) is 0 Å². The molecule has 0 amide bonds. The number of nitrogens with one attached hydrogen (secondary N) is 2. The van der Waals surface area contributed by atoms with Gasteiger partial charge in [0.1, 0.15) is 23.2 Å². The minimum atomic E-state index is -4.78. The predicted octanol–water partition coefficient (Wildman–Crippen LogP) is 3.01. The van der Waals surface area contributed by atoms with Crippen molar-refractivity contribution in [2.24, 2.45) is 11.7 Å². The molecule has 0 radical (unpaired) electrons. The number of nitrogens with zero attached hydrogens (tertiary/aromatic N) is 3. The van der Waals surface area contributed by atoms with Gasteiger partial charge < -0.3 is 21.1 Å². The first-order valence-electron chi connectivity index (χ1n) is 8.68. The third-order valence-electron chi connectivity index (χ3n) is 4.37. The third kappa shape index (κ3) is 5.23. The summed E-state index contributed by atoms with van der Waals surface area (Å²) >= 11 is 0. The van der Waals surface area contributed by atoms with Crippen LogP contribution in [-0.4, -0.2) is 28.9 Å². The van der Waals surface area contributed by atoms with Gasteiger partial charge in [0.2, 0.25) is 5.95 Å². The molecule has 7 nitrogen and oxygen atoms in total. The third-order valence-corrected chi connectivity index (χ3v) is 4.37. The zero-order chi connectivity index (χ0) is 20.1. The molecular formula is C18H19F3N6O. The van der Waals surface area contributed by atoms with E-state index in [1.54, 1.807) is 6.07 Å². The monoisotopic (exact) mass is 392 g/mol. The lowest BCUT2D eigenvalue weighted by atomic mass is 9.81. The molecular weight excluding hydrogens is 373 g/mol. The van der Waals surface area contributed by atoms with E-state index < -0.39 is 6.36 Å². The van der Waals surface area contributed by atoms with Crippen LogP contribution in [0.5, 0.6) is 5.75 Å². The average Bonchev–Trinajstić information content (AvgIpc) is 2.62. The van der Waals surface area contributed by atoms with Crippen molar-refractivity contribution in [3.05, 3.63) is 41.6 Å². The van der Waals surface area contributed by atoms with E-state index in [4.69, 9.17) is 5.73 Å². The molecule has 0 bridgehead atoms. The van der Waals surface area contributed by atoms with Crippen LogP contribution in [0.1, 0.15) is 24.0 Å². The maximum Gasteiger partial charge on any atom is 0.573 e. The van der Waals surface area contributed by atoms with Crippen LogP contribution in [0.3, 0.4) is 0 Å². The van der Waals surface area contributed by atoms with Gasteiger partial charge in [-0.05, 0) is 24.8 Å². The number of para-hydroxylation sites is 1. The number of nitriles is 1. The molecule has 1 aromatic carbocycles. The van der Waals surface area contributed by atoms with Crippen LogP contribution in [0.4, 0.5) is 24.9 Å². The summed E-state index contributed by atoms with van der Waals surface area (Å²) in [6, 6.07) is 8.05. The fraction of sp³-hybridized carbons (Fsp3) is 0.389. The number of rotatable bonds is 7. The summed E-state index contributed by atoms with van der Waals surface area (Å²) in [5.74, 6) is 0.698. The van der Waals surface area contributed by atoms with Crippen LogP contribution in [-0.2, 0) is 6.54 Å². The Labute approximate surface area is 159 Å². The van der Waals surface area contributed by atoms with E-state index >= 15 is 0 Å². The van der Waals surface area contributed by atoms with Crippen molar-refractivity contribution in [3.8, 4) is 11.8 Å². The van der Waals surface area contributed by atoms with Crippen molar-refractivity contribution in [2.45, 2.75) is 31.8 Å². The van der Waals surface area contributed by atoms with Gasteiger partial charge in [0.25, 0.3) is 0 Å². The molecule has 10 heteroatoms. The molecule has 3 rings (SSSR count). The molecule has 0 unspecified atom stereocenters. The van der Waals surface area contributed by atoms with Gasteiger partial charge >= 0.3 is 6.36 Å². The maximum atomic E-state index is 12.5. The van der Waals surface area contributed by atoms with E-state index in [-0.39, 0.29) is 29.8 Å². The predicted molar refractivity (Wildman–Crippen MR) is 96.4 cm³/mol. The number of hydrogen-bond donors (Lipinski definition) is 3. The Morgan fingerprint density at radius 1 is 1.25 bits per heavy atom. The van der Waals surface area contributed by atoms with E-state index in [1.165, 1.54) is 24.4 Å². The fourth-order valence-electron chi connectivity index (χ4n) is 2.93. The second-order valence-corrected chi connectivity index (χ2v) is 6.56. The molecule has 0 aliphatic heterocycles. The molecule has 2 aromatic rings. The lowest BCUT2D eigenvalue weighted by molar-refractivity contribution is -0.274. The molecule has 28 heavy (non-hydrogen) atoms. The van der Waals surface area contributed by atoms with Crippen LogP contribution >= 0.6 is 0 Å². The molecule has 0 saturated heterocycles. The van der Waals surface area contributed by atoms with Gasteiger partial charge in [0, 0.05) is 24.7 Å². The van der Waals surface area contributed by atoms with Crippen molar-refractivity contribution in [1.29, 1.82) is 5.26 Å². The molecule has 1 aromatic heterocycles. The number of alkyl halides is 3. The van der Waals surface area contributed by atoms with Gasteiger partial charge in [0.05, 0.1) is 6.20 Å². The Kier molecular flexibility index (Phi) is 5.84. The van der Waals surface area contributed by atoms with Crippen LogP contribution in [0.15, 0.2) is 30.5 Å². The fourth-order valence-corrected chi connectivity index (χ4v) is 2.93. The molecule has 1 fully saturated rings. The lowest BCUT2D eigenvalue weighted by Gasteiger charge is -2.32. The molecule has 1 aliphatic carbocycles. The molecule has 148 valence electrons. The van der Waals surface area contributed by atoms with Crippen LogP contribution < -0.4 is 21.1 Å². The average molecular weight is 392 g/mol. The first kappa shape index (κ1) is 19.7. The molecule has 4 N–H and O–H groups in total. The molecule has 0 atom stereocenters. The summed E-state index contributed by atoms with van der Waals surface area (Å²) in [5.41, 5.74) is 6.35. The maximum absolute atomic E-state index is 12.5. The summed E-state index contributed by atoms with van der Waals surface area (Å²) in [5, 5.41) is 15.2. The first-order valence-corrected chi connectivity index (χ1v) is 8.68. The van der Waals surface area contributed by atoms with Crippen molar-refractivity contribution >= 4 is 11.8 Å². The second-order valence-electron chi connectivity index (χ2n) is 6.56. The highest BCUT2D eigenvalue weighted by atomic mass is 19.4. The Balaban J connectivity index is 1.66. The number of anilines is 2. The Bertz CT molecular complexity index is 861. The summed E-state index contributed by atoms with van der Waals surface area (Å²) < 4.78 is 41.6. The normalized spacial score (nSPS) is 18.7. The van der Waals surface area contributed by atoms with Gasteiger partial charge in [-0.3, -0.25) is 0 Å². The van der Waals surface area contributed by atoms with E-state index in [2.05, 4.69) is 25.3 Å². The van der Waals surface area contributed by atoms with Gasteiger partial charge in [-0.1, -0.05) is 18.2 Å². The summed E-state index contributed by atoms with van der Waals surface area (Å²) in [6.45, 7) is 0.663. The Morgan fingerprint density at radius 3 is 2.68 bits per heavy atom. The highest BCUT2D eigenvalue weighted by Gasteiger charge is 2.32. The molecule has 1 saturated carbocycles. The van der Waals surface area contributed by atoms with E-state index in [0.717, 1.165) is 12.8 Å². The minimum Gasteiger partial charge on any atom is -0.405 e. The van der Waals surface area contributed by atoms with Crippen molar-refractivity contribution in [3.63, 3.8) is 0 Å². The van der Waals surface area contributed by atoms with Gasteiger partial charge in [-0.25, -0.2) is 4.98 Å². The zero-order valence-corrected chi connectivity index (χ0v) is 14.8.